The summed E-state index contributed by atoms with van der Waals surface area (Å²) in [7, 11) is 0. The highest BCUT2D eigenvalue weighted by Gasteiger charge is 2.13. The van der Waals surface area contributed by atoms with Crippen molar-refractivity contribution in [2.45, 2.75) is 0 Å². The van der Waals surface area contributed by atoms with Gasteiger partial charge in [0.25, 0.3) is 0 Å². The van der Waals surface area contributed by atoms with E-state index in [9.17, 15) is 0 Å². The molecule has 0 atom stereocenters. The van der Waals surface area contributed by atoms with Crippen molar-refractivity contribution < 1.29 is 0 Å². The lowest BCUT2D eigenvalue weighted by Crippen LogP contribution is -2.09. The molecule has 4 N–H and O–H groups in total. The Kier molecular flexibility index (Phi) is 4.70. The van der Waals surface area contributed by atoms with Gasteiger partial charge >= 0.3 is 0 Å². The summed E-state index contributed by atoms with van der Waals surface area (Å²) < 4.78 is 1.73. The normalized spacial score (nSPS) is 11.2. The van der Waals surface area contributed by atoms with Crippen LogP contribution in [0.1, 0.15) is 0 Å². The Bertz CT molecular complexity index is 1560. The first-order chi connectivity index (χ1) is 16.7. The number of aromatic nitrogens is 1. The van der Waals surface area contributed by atoms with Crippen LogP contribution in [0.15, 0.2) is 121 Å². The molecule has 5 aromatic carbocycles. The van der Waals surface area contributed by atoms with Crippen LogP contribution >= 0.6 is 0 Å². The molecule has 6 aromatic rings. The largest absolute Gasteiger partial charge is 0.399 e. The maximum Gasteiger partial charge on any atom is 0.0705 e. The van der Waals surface area contributed by atoms with Crippen molar-refractivity contribution in [2.75, 3.05) is 16.5 Å². The Morgan fingerprint density at radius 1 is 0.500 bits per heavy atom. The Labute approximate surface area is 198 Å². The van der Waals surface area contributed by atoms with Crippen molar-refractivity contribution >= 4 is 44.6 Å². The number of benzene rings is 5. The highest BCUT2D eigenvalue weighted by atomic mass is 15.3. The summed E-state index contributed by atoms with van der Waals surface area (Å²) in [4.78, 5) is 2.26. The van der Waals surface area contributed by atoms with E-state index in [4.69, 9.17) is 11.6 Å². The van der Waals surface area contributed by atoms with Gasteiger partial charge in [0, 0.05) is 33.5 Å². The number of rotatable bonds is 4. The quantitative estimate of drug-likeness (QED) is 0.225. The van der Waals surface area contributed by atoms with Gasteiger partial charge in [0.15, 0.2) is 0 Å². The van der Waals surface area contributed by atoms with E-state index in [0.29, 0.717) is 0 Å². The third-order valence-corrected chi connectivity index (χ3v) is 6.31. The first-order valence-corrected chi connectivity index (χ1v) is 11.3. The summed E-state index contributed by atoms with van der Waals surface area (Å²) in [5.74, 6) is 6.35. The minimum Gasteiger partial charge on any atom is -0.399 e. The topological polar surface area (TPSA) is 60.2 Å². The number of nitrogens with two attached hydrogens (primary N) is 2. The fourth-order valence-electron chi connectivity index (χ4n) is 4.65. The molecule has 1 heterocycles. The maximum absolute atomic E-state index is 6.35. The molecule has 0 spiro atoms. The van der Waals surface area contributed by atoms with Crippen LogP contribution < -0.4 is 16.5 Å². The third-order valence-electron chi connectivity index (χ3n) is 6.31. The van der Waals surface area contributed by atoms with Gasteiger partial charge in [0.2, 0.25) is 0 Å². The second-order valence-electron chi connectivity index (χ2n) is 8.43. The van der Waals surface area contributed by atoms with Crippen molar-refractivity contribution in [3.8, 4) is 11.1 Å². The number of hydrogen-bond acceptors (Lipinski definition) is 3. The lowest BCUT2D eigenvalue weighted by Gasteiger charge is -2.25. The third kappa shape index (κ3) is 3.33. The van der Waals surface area contributed by atoms with Crippen LogP contribution in [0.2, 0.25) is 0 Å². The van der Waals surface area contributed by atoms with Crippen molar-refractivity contribution in [3.63, 3.8) is 0 Å². The number of nitrogen functional groups attached to an aromatic ring is 2. The Balaban J connectivity index is 1.43. The summed E-state index contributed by atoms with van der Waals surface area (Å²) >= 11 is 0. The van der Waals surface area contributed by atoms with Crippen LogP contribution in [0, 0.1) is 0 Å². The van der Waals surface area contributed by atoms with Crippen LogP contribution in [-0.2, 0) is 0 Å². The molecule has 6 rings (SSSR count). The molecular weight excluding hydrogens is 416 g/mol. The zero-order valence-electron chi connectivity index (χ0n) is 18.6. The molecule has 0 bridgehead atoms. The lowest BCUT2D eigenvalue weighted by atomic mass is 10.0. The molecule has 0 aliphatic heterocycles. The fraction of sp³-hybridized carbons (Fsp3) is 0. The maximum atomic E-state index is 6.35. The Morgan fingerprint density at radius 2 is 1.00 bits per heavy atom. The summed E-state index contributed by atoms with van der Waals surface area (Å²) in [5.41, 5.74) is 14.4. The molecule has 0 unspecified atom stereocenters. The molecule has 0 fully saturated rings. The Hall–Kier alpha value is -4.70. The summed E-state index contributed by atoms with van der Waals surface area (Å²) in [6.07, 6.45) is 0. The zero-order valence-corrected chi connectivity index (χ0v) is 18.6. The molecule has 0 aliphatic rings. The average molecular weight is 441 g/mol. The Morgan fingerprint density at radius 3 is 1.62 bits per heavy atom. The highest BCUT2D eigenvalue weighted by Crippen LogP contribution is 2.36. The molecule has 0 aliphatic carbocycles. The van der Waals surface area contributed by atoms with Gasteiger partial charge in [-0.25, -0.2) is 0 Å². The molecule has 0 amide bonds. The van der Waals surface area contributed by atoms with Crippen LogP contribution in [0.5, 0.6) is 0 Å². The minimum atomic E-state index is 0.733. The molecule has 1 aromatic heterocycles. The number of anilines is 4. The number of nitrogens with zero attached hydrogens (tertiary/aromatic N) is 2. The van der Waals surface area contributed by atoms with Gasteiger partial charge in [-0.1, -0.05) is 54.6 Å². The number of fused-ring (bicyclic) bond motifs is 3. The van der Waals surface area contributed by atoms with E-state index in [1.165, 1.54) is 0 Å². The fourth-order valence-corrected chi connectivity index (χ4v) is 4.65. The van der Waals surface area contributed by atoms with Crippen molar-refractivity contribution in [1.82, 2.24) is 4.68 Å². The first-order valence-electron chi connectivity index (χ1n) is 11.3. The lowest BCUT2D eigenvalue weighted by molar-refractivity contribution is 1.12. The average Bonchev–Trinajstić information content (AvgIpc) is 3.16. The summed E-state index contributed by atoms with van der Waals surface area (Å²) in [5, 5.41) is 2.16. The standard InChI is InChI=1S/C30H24N4/c31-23-14-18-30-28(20-23)27-19-22(13-17-29(27)34(30)32)21-11-15-26(16-12-21)33(24-7-3-1-4-8-24)25-9-5-2-6-10-25/h1-20H,31-32H2. The molecule has 164 valence electrons. The van der Waals surface area contributed by atoms with E-state index in [1.807, 2.05) is 30.3 Å². The molecule has 34 heavy (non-hydrogen) atoms. The van der Waals surface area contributed by atoms with Gasteiger partial charge < -0.3 is 16.5 Å². The van der Waals surface area contributed by atoms with Crippen LogP contribution in [0.4, 0.5) is 22.7 Å². The second kappa shape index (κ2) is 8.01. The van der Waals surface area contributed by atoms with Crippen LogP contribution in [0.25, 0.3) is 32.9 Å². The van der Waals surface area contributed by atoms with E-state index < -0.39 is 0 Å². The second-order valence-corrected chi connectivity index (χ2v) is 8.43. The van der Waals surface area contributed by atoms with E-state index in [1.54, 1.807) is 4.68 Å². The number of hydrogen-bond donors (Lipinski definition) is 2. The molecule has 4 nitrogen and oxygen atoms in total. The molecule has 0 radical (unpaired) electrons. The van der Waals surface area contributed by atoms with Gasteiger partial charge in [-0.2, -0.15) is 0 Å². The smallest absolute Gasteiger partial charge is 0.0705 e. The van der Waals surface area contributed by atoms with Gasteiger partial charge in [-0.05, 0) is 77.9 Å². The van der Waals surface area contributed by atoms with Gasteiger partial charge in [0.05, 0.1) is 11.0 Å². The van der Waals surface area contributed by atoms with E-state index in [0.717, 1.165) is 55.7 Å². The molecule has 4 heteroatoms. The zero-order chi connectivity index (χ0) is 23.1. The summed E-state index contributed by atoms with van der Waals surface area (Å²) in [6.45, 7) is 0. The van der Waals surface area contributed by atoms with E-state index in [2.05, 4.69) is 95.9 Å². The van der Waals surface area contributed by atoms with Crippen LogP contribution in [-0.4, -0.2) is 4.68 Å². The van der Waals surface area contributed by atoms with Crippen molar-refractivity contribution in [2.24, 2.45) is 0 Å². The predicted molar refractivity (Wildman–Crippen MR) is 144 cm³/mol. The molecule has 0 saturated heterocycles. The van der Waals surface area contributed by atoms with Crippen molar-refractivity contribution in [3.05, 3.63) is 121 Å². The van der Waals surface area contributed by atoms with Crippen molar-refractivity contribution in [1.29, 1.82) is 0 Å². The highest BCUT2D eigenvalue weighted by molar-refractivity contribution is 6.10. The van der Waals surface area contributed by atoms with Gasteiger partial charge in [-0.15, -0.1) is 0 Å². The molecule has 0 saturated carbocycles. The number of para-hydroxylation sites is 2. The van der Waals surface area contributed by atoms with E-state index in [-0.39, 0.29) is 0 Å². The molecular formula is C30H24N4. The predicted octanol–water partition coefficient (Wildman–Crippen LogP) is 7.23. The van der Waals surface area contributed by atoms with Gasteiger partial charge in [-0.3, -0.25) is 4.68 Å². The monoisotopic (exact) mass is 440 g/mol. The van der Waals surface area contributed by atoms with Crippen LogP contribution in [0.3, 0.4) is 0 Å². The minimum absolute atomic E-state index is 0.733. The summed E-state index contributed by atoms with van der Waals surface area (Å²) in [6, 6.07) is 41.8. The van der Waals surface area contributed by atoms with Gasteiger partial charge in [0.1, 0.15) is 0 Å². The SMILES string of the molecule is Nc1ccc2c(c1)c1cc(-c3ccc(N(c4ccccc4)c4ccccc4)cc3)ccc1n2N. The first kappa shape index (κ1) is 19.9. The van der Waals surface area contributed by atoms with E-state index >= 15 is 0 Å².